The van der Waals surface area contributed by atoms with E-state index in [1.54, 1.807) is 6.08 Å². The molecular formula is C38H71N2O6P. The number of phosphoric acid groups is 1. The van der Waals surface area contributed by atoms with E-state index >= 15 is 0 Å². The van der Waals surface area contributed by atoms with E-state index in [2.05, 4.69) is 55.6 Å². The lowest BCUT2D eigenvalue weighted by Crippen LogP contribution is -2.45. The lowest BCUT2D eigenvalue weighted by Gasteiger charge is -2.23. The summed E-state index contributed by atoms with van der Waals surface area (Å²) in [6, 6.07) is -0.886. The van der Waals surface area contributed by atoms with Crippen molar-refractivity contribution >= 4 is 13.7 Å². The highest BCUT2D eigenvalue weighted by atomic mass is 31.2. The van der Waals surface area contributed by atoms with Gasteiger partial charge < -0.3 is 21.1 Å². The Kier molecular flexibility index (Phi) is 33.2. The standard InChI is InChI=1S/C38H71N2O6P/c1-3-5-7-9-11-13-15-17-18-20-22-24-26-28-30-32-38(42)40-36(35-46-47(43,44)45-34-33-39)37(41)31-29-27-25-23-21-19-16-14-12-10-8-6-4-2/h12,14,17-18,21,23,29,31,36-37,41H,3-11,13,15-16,19-20,22,24-28,30,32-35,39H2,1-2H3,(H,40,42)(H,43,44)/b14-12+,18-17-,23-21+,31-29+. The number of nitrogens with two attached hydrogens (primary N) is 1. The smallest absolute Gasteiger partial charge is 0.387 e. The van der Waals surface area contributed by atoms with Gasteiger partial charge in [0.1, 0.15) is 0 Å². The van der Waals surface area contributed by atoms with Crippen LogP contribution in [0.25, 0.3) is 0 Å². The van der Waals surface area contributed by atoms with Crippen molar-refractivity contribution in [3.63, 3.8) is 0 Å². The van der Waals surface area contributed by atoms with E-state index in [4.69, 9.17) is 14.8 Å². The summed E-state index contributed by atoms with van der Waals surface area (Å²) in [5.74, 6) is -0.221. The van der Waals surface area contributed by atoms with Crippen molar-refractivity contribution in [3.8, 4) is 0 Å². The molecule has 0 saturated heterocycles. The van der Waals surface area contributed by atoms with Crippen molar-refractivity contribution in [1.82, 2.24) is 5.32 Å². The van der Waals surface area contributed by atoms with E-state index in [1.165, 1.54) is 64.2 Å². The summed E-state index contributed by atoms with van der Waals surface area (Å²) < 4.78 is 22.0. The van der Waals surface area contributed by atoms with E-state index in [0.29, 0.717) is 6.42 Å². The van der Waals surface area contributed by atoms with Gasteiger partial charge in [-0.3, -0.25) is 13.8 Å². The quantitative estimate of drug-likeness (QED) is 0.0302. The van der Waals surface area contributed by atoms with Gasteiger partial charge in [-0.2, -0.15) is 0 Å². The lowest BCUT2D eigenvalue weighted by atomic mass is 10.1. The maximum atomic E-state index is 12.7. The minimum absolute atomic E-state index is 0.0690. The van der Waals surface area contributed by atoms with Crippen molar-refractivity contribution in [2.24, 2.45) is 5.73 Å². The van der Waals surface area contributed by atoms with E-state index < -0.39 is 20.0 Å². The highest BCUT2D eigenvalue weighted by Gasteiger charge is 2.26. The largest absolute Gasteiger partial charge is 0.472 e. The Bertz CT molecular complexity index is 876. The summed E-state index contributed by atoms with van der Waals surface area (Å²) in [6.45, 7) is 4.03. The normalized spacial score (nSPS) is 14.9. The predicted molar refractivity (Wildman–Crippen MR) is 198 cm³/mol. The van der Waals surface area contributed by atoms with Crippen LogP contribution in [0.4, 0.5) is 0 Å². The Morgan fingerprint density at radius 3 is 1.68 bits per heavy atom. The second-order valence-corrected chi connectivity index (χ2v) is 13.9. The van der Waals surface area contributed by atoms with E-state index in [-0.39, 0.29) is 25.7 Å². The van der Waals surface area contributed by atoms with Crippen LogP contribution >= 0.6 is 7.82 Å². The second-order valence-electron chi connectivity index (χ2n) is 12.4. The average Bonchev–Trinajstić information content (AvgIpc) is 3.05. The third-order valence-corrected chi connectivity index (χ3v) is 8.84. The van der Waals surface area contributed by atoms with Gasteiger partial charge >= 0.3 is 7.82 Å². The molecular weight excluding hydrogens is 611 g/mol. The molecule has 1 amide bonds. The molecule has 0 aliphatic heterocycles. The molecule has 0 fully saturated rings. The zero-order valence-electron chi connectivity index (χ0n) is 30.0. The number of aliphatic hydroxyl groups excluding tert-OH is 1. The number of nitrogens with one attached hydrogen (secondary N) is 1. The molecule has 0 heterocycles. The van der Waals surface area contributed by atoms with Crippen LogP contribution in [0.2, 0.25) is 0 Å². The van der Waals surface area contributed by atoms with Crippen molar-refractivity contribution in [1.29, 1.82) is 0 Å². The Hall–Kier alpha value is -1.54. The number of carbonyl (C=O) groups excluding carboxylic acids is 1. The summed E-state index contributed by atoms with van der Waals surface area (Å²) in [5, 5.41) is 13.6. The number of hydrogen-bond donors (Lipinski definition) is 4. The first-order chi connectivity index (χ1) is 22.9. The number of aliphatic hydroxyl groups is 1. The summed E-state index contributed by atoms with van der Waals surface area (Å²) >= 11 is 0. The molecule has 47 heavy (non-hydrogen) atoms. The maximum Gasteiger partial charge on any atom is 0.472 e. The second kappa shape index (κ2) is 34.3. The first-order valence-electron chi connectivity index (χ1n) is 18.8. The molecule has 0 rings (SSSR count). The maximum absolute atomic E-state index is 12.7. The average molecular weight is 683 g/mol. The van der Waals surface area contributed by atoms with Crippen LogP contribution in [0.15, 0.2) is 48.6 Å². The van der Waals surface area contributed by atoms with Crippen LogP contribution in [-0.2, 0) is 18.4 Å². The van der Waals surface area contributed by atoms with Crippen LogP contribution in [0, 0.1) is 0 Å². The molecule has 5 N–H and O–H groups in total. The van der Waals surface area contributed by atoms with Crippen molar-refractivity contribution < 1.29 is 28.4 Å². The van der Waals surface area contributed by atoms with Crippen molar-refractivity contribution in [2.45, 2.75) is 167 Å². The van der Waals surface area contributed by atoms with Crippen LogP contribution in [0.5, 0.6) is 0 Å². The Labute approximate surface area is 288 Å². The molecule has 0 aromatic heterocycles. The number of phosphoric ester groups is 1. The van der Waals surface area contributed by atoms with Gasteiger partial charge in [0.25, 0.3) is 0 Å². The number of unbranched alkanes of at least 4 members (excludes halogenated alkanes) is 16. The van der Waals surface area contributed by atoms with Crippen LogP contribution in [0.1, 0.15) is 155 Å². The van der Waals surface area contributed by atoms with Crippen molar-refractivity contribution in [3.05, 3.63) is 48.6 Å². The summed E-state index contributed by atoms with van der Waals surface area (Å²) in [6.07, 6.45) is 40.1. The molecule has 0 aliphatic rings. The summed E-state index contributed by atoms with van der Waals surface area (Å²) in [4.78, 5) is 22.6. The van der Waals surface area contributed by atoms with Gasteiger partial charge in [0.15, 0.2) is 0 Å². The number of rotatable bonds is 34. The third kappa shape index (κ3) is 32.8. The highest BCUT2D eigenvalue weighted by molar-refractivity contribution is 7.47. The fourth-order valence-electron chi connectivity index (χ4n) is 4.98. The summed E-state index contributed by atoms with van der Waals surface area (Å²) in [7, 11) is -4.34. The Balaban J connectivity index is 4.41. The fourth-order valence-corrected chi connectivity index (χ4v) is 5.74. The molecule has 3 unspecified atom stereocenters. The number of allylic oxidation sites excluding steroid dienone is 7. The summed E-state index contributed by atoms with van der Waals surface area (Å²) in [5.41, 5.74) is 5.35. The molecule has 274 valence electrons. The van der Waals surface area contributed by atoms with Gasteiger partial charge in [0.2, 0.25) is 5.91 Å². The topological polar surface area (TPSA) is 131 Å². The Morgan fingerprint density at radius 1 is 0.681 bits per heavy atom. The lowest BCUT2D eigenvalue weighted by molar-refractivity contribution is -0.123. The predicted octanol–water partition coefficient (Wildman–Crippen LogP) is 9.77. The fraction of sp³-hybridized carbons (Fsp3) is 0.763. The molecule has 0 saturated carbocycles. The van der Waals surface area contributed by atoms with E-state index in [0.717, 1.165) is 70.6 Å². The zero-order chi connectivity index (χ0) is 34.7. The molecule has 9 heteroatoms. The highest BCUT2D eigenvalue weighted by Crippen LogP contribution is 2.43. The molecule has 8 nitrogen and oxygen atoms in total. The molecule has 0 aromatic carbocycles. The minimum atomic E-state index is -4.34. The van der Waals surface area contributed by atoms with Crippen LogP contribution < -0.4 is 11.1 Å². The molecule has 0 aromatic rings. The molecule has 0 aliphatic carbocycles. The van der Waals surface area contributed by atoms with Gasteiger partial charge in [-0.1, -0.05) is 127 Å². The molecule has 0 spiro atoms. The molecule has 3 atom stereocenters. The van der Waals surface area contributed by atoms with E-state index in [1.807, 2.05) is 6.08 Å². The van der Waals surface area contributed by atoms with Crippen molar-refractivity contribution in [2.75, 3.05) is 19.8 Å². The van der Waals surface area contributed by atoms with E-state index in [9.17, 15) is 19.4 Å². The van der Waals surface area contributed by atoms with Crippen LogP contribution in [-0.4, -0.2) is 47.8 Å². The zero-order valence-corrected chi connectivity index (χ0v) is 30.9. The van der Waals surface area contributed by atoms with Gasteiger partial charge in [-0.05, 0) is 70.6 Å². The number of hydrogen-bond acceptors (Lipinski definition) is 6. The van der Waals surface area contributed by atoms with Gasteiger partial charge in [-0.25, -0.2) is 4.57 Å². The molecule has 0 radical (unpaired) electrons. The first kappa shape index (κ1) is 45.5. The number of carbonyl (C=O) groups is 1. The SMILES string of the molecule is CCCCC/C=C/CC/C=C/CC/C=C/C(O)C(COP(=O)(O)OCCN)NC(=O)CCCCCCC/C=C\CCCCCCCC. The first-order valence-corrected chi connectivity index (χ1v) is 20.3. The third-order valence-electron chi connectivity index (χ3n) is 7.85. The van der Waals surface area contributed by atoms with Crippen LogP contribution in [0.3, 0.4) is 0 Å². The minimum Gasteiger partial charge on any atom is -0.387 e. The monoisotopic (exact) mass is 683 g/mol. The van der Waals surface area contributed by atoms with Gasteiger partial charge in [-0.15, -0.1) is 0 Å². The Morgan fingerprint density at radius 2 is 1.13 bits per heavy atom. The van der Waals surface area contributed by atoms with Gasteiger partial charge in [0.05, 0.1) is 25.4 Å². The van der Waals surface area contributed by atoms with Gasteiger partial charge in [0, 0.05) is 13.0 Å². The number of amides is 1. The molecule has 0 bridgehead atoms.